The van der Waals surface area contributed by atoms with Gasteiger partial charge in [0.05, 0.1) is 0 Å². The molecule has 0 fully saturated rings. The molecule has 2 heteroatoms. The minimum absolute atomic E-state index is 0.762. The molecule has 0 aliphatic carbocycles. The zero-order valence-corrected chi connectivity index (χ0v) is 16.1. The van der Waals surface area contributed by atoms with E-state index in [2.05, 4.69) is 51.7 Å². The lowest BCUT2D eigenvalue weighted by atomic mass is 9.91. The van der Waals surface area contributed by atoms with E-state index in [1.165, 1.54) is 43.8 Å². The van der Waals surface area contributed by atoms with Crippen LogP contribution in [0.1, 0.15) is 58.8 Å². The Bertz CT molecular complexity index is 405. The second kappa shape index (κ2) is 9.99. The van der Waals surface area contributed by atoms with E-state index in [0.717, 1.165) is 17.9 Å². The number of unbranched alkanes of at least 4 members (excludes halogenated alkanes) is 2. The van der Waals surface area contributed by atoms with Crippen LogP contribution in [0.2, 0.25) is 18.6 Å². The molecular weight excluding hydrogens is 282 g/mol. The van der Waals surface area contributed by atoms with E-state index in [0.29, 0.717) is 0 Å². The number of allylic oxidation sites excluding steroid dienone is 1. The molecule has 1 rings (SSSR count). The van der Waals surface area contributed by atoms with Crippen LogP contribution in [0.5, 0.6) is 0 Å². The fourth-order valence-electron chi connectivity index (χ4n) is 3.67. The highest BCUT2D eigenvalue weighted by Crippen LogP contribution is 2.39. The molecule has 0 amide bonds. The smallest absolute Gasteiger partial charge is 0.108 e. The molecule has 1 aromatic heterocycles. The number of nitrogens with zero attached hydrogens (tertiary/aromatic N) is 1. The molecular formula is C20H35NSi. The lowest BCUT2D eigenvalue weighted by Crippen LogP contribution is -2.49. The van der Waals surface area contributed by atoms with Crippen LogP contribution in [-0.2, 0) is 0 Å². The molecule has 0 N–H and O–H groups in total. The molecule has 1 heterocycles. The molecule has 0 aromatic carbocycles. The van der Waals surface area contributed by atoms with Crippen LogP contribution < -0.4 is 5.32 Å². The van der Waals surface area contributed by atoms with Crippen molar-refractivity contribution in [1.82, 2.24) is 4.98 Å². The standard InChI is InChI=1S/C20H35NSi/c1-6-9-14-18(15-10-7-2)19(13-8-3)22(4,5)20-16-11-12-17-21-20/h8,11-12,16-19H,3,6-7,9-10,13-15H2,1-2,4-5H3. The Morgan fingerprint density at radius 1 is 1.14 bits per heavy atom. The van der Waals surface area contributed by atoms with Gasteiger partial charge in [-0.3, -0.25) is 4.98 Å². The van der Waals surface area contributed by atoms with E-state index in [-0.39, 0.29) is 0 Å². The van der Waals surface area contributed by atoms with E-state index in [9.17, 15) is 0 Å². The highest BCUT2D eigenvalue weighted by atomic mass is 28.3. The van der Waals surface area contributed by atoms with Crippen LogP contribution in [0.15, 0.2) is 37.1 Å². The lowest BCUT2D eigenvalue weighted by molar-refractivity contribution is 0.389. The largest absolute Gasteiger partial charge is 0.266 e. The van der Waals surface area contributed by atoms with E-state index in [1.807, 2.05) is 12.3 Å². The zero-order valence-electron chi connectivity index (χ0n) is 15.1. The van der Waals surface area contributed by atoms with E-state index in [1.54, 1.807) is 0 Å². The second-order valence-electron chi connectivity index (χ2n) is 7.11. The minimum Gasteiger partial charge on any atom is -0.266 e. The van der Waals surface area contributed by atoms with Gasteiger partial charge in [0.1, 0.15) is 8.07 Å². The van der Waals surface area contributed by atoms with Crippen molar-refractivity contribution in [2.75, 3.05) is 0 Å². The second-order valence-corrected chi connectivity index (χ2v) is 11.8. The van der Waals surface area contributed by atoms with Crippen molar-refractivity contribution in [2.24, 2.45) is 5.92 Å². The summed E-state index contributed by atoms with van der Waals surface area (Å²) in [5.41, 5.74) is 0.762. The number of hydrogen-bond donors (Lipinski definition) is 0. The van der Waals surface area contributed by atoms with Crippen molar-refractivity contribution in [2.45, 2.75) is 77.4 Å². The zero-order chi connectivity index (χ0) is 16.4. The van der Waals surface area contributed by atoms with Gasteiger partial charge in [0.2, 0.25) is 0 Å². The topological polar surface area (TPSA) is 12.9 Å². The molecule has 0 spiro atoms. The minimum atomic E-state index is -1.58. The van der Waals surface area contributed by atoms with Gasteiger partial charge in [-0.1, -0.05) is 77.6 Å². The Hall–Kier alpha value is -0.893. The molecule has 22 heavy (non-hydrogen) atoms. The Balaban J connectivity index is 3.02. The SMILES string of the molecule is C=CCC(C(CCCC)CCCC)[Si](C)(C)c1ccccn1. The predicted octanol–water partition coefficient (Wildman–Crippen LogP) is 5.94. The van der Waals surface area contributed by atoms with Gasteiger partial charge in [0.25, 0.3) is 0 Å². The van der Waals surface area contributed by atoms with Crippen LogP contribution >= 0.6 is 0 Å². The molecule has 1 unspecified atom stereocenters. The summed E-state index contributed by atoms with van der Waals surface area (Å²) >= 11 is 0. The summed E-state index contributed by atoms with van der Waals surface area (Å²) in [5, 5.41) is 1.36. The Morgan fingerprint density at radius 3 is 2.23 bits per heavy atom. The maximum Gasteiger partial charge on any atom is 0.108 e. The monoisotopic (exact) mass is 317 g/mol. The first-order valence-corrected chi connectivity index (χ1v) is 12.2. The fraction of sp³-hybridized carbons (Fsp3) is 0.650. The van der Waals surface area contributed by atoms with Crippen LogP contribution in [0.4, 0.5) is 0 Å². The number of rotatable bonds is 11. The average Bonchev–Trinajstić information content (AvgIpc) is 2.54. The third-order valence-electron chi connectivity index (χ3n) is 5.10. The molecule has 0 radical (unpaired) electrons. The maximum absolute atomic E-state index is 4.72. The van der Waals surface area contributed by atoms with Gasteiger partial charge in [-0.05, 0) is 30.0 Å². The van der Waals surface area contributed by atoms with Crippen LogP contribution in [-0.4, -0.2) is 13.1 Å². The van der Waals surface area contributed by atoms with Crippen molar-refractivity contribution < 1.29 is 0 Å². The molecule has 124 valence electrons. The van der Waals surface area contributed by atoms with Crippen molar-refractivity contribution >= 4 is 13.4 Å². The first-order valence-electron chi connectivity index (χ1n) is 9.10. The van der Waals surface area contributed by atoms with Crippen molar-refractivity contribution in [3.8, 4) is 0 Å². The predicted molar refractivity (Wildman–Crippen MR) is 102 cm³/mol. The molecule has 1 aromatic rings. The van der Waals surface area contributed by atoms with Gasteiger partial charge in [0, 0.05) is 11.5 Å². The summed E-state index contributed by atoms with van der Waals surface area (Å²) in [4.78, 5) is 4.72. The van der Waals surface area contributed by atoms with Crippen LogP contribution in [0.25, 0.3) is 0 Å². The normalized spacial score (nSPS) is 13.3. The van der Waals surface area contributed by atoms with Gasteiger partial charge in [-0.25, -0.2) is 0 Å². The molecule has 0 saturated carbocycles. The highest BCUT2D eigenvalue weighted by Gasteiger charge is 2.38. The van der Waals surface area contributed by atoms with Crippen molar-refractivity contribution in [1.29, 1.82) is 0 Å². The lowest BCUT2D eigenvalue weighted by Gasteiger charge is -2.38. The number of pyridine rings is 1. The Kier molecular flexibility index (Phi) is 8.70. The molecule has 0 bridgehead atoms. The number of hydrogen-bond acceptors (Lipinski definition) is 1. The van der Waals surface area contributed by atoms with Crippen molar-refractivity contribution in [3.63, 3.8) is 0 Å². The summed E-state index contributed by atoms with van der Waals surface area (Å²) < 4.78 is 0. The quantitative estimate of drug-likeness (QED) is 0.363. The summed E-state index contributed by atoms with van der Waals surface area (Å²) in [7, 11) is -1.58. The summed E-state index contributed by atoms with van der Waals surface area (Å²) in [5.74, 6) is 0.835. The molecule has 0 saturated heterocycles. The molecule has 0 aliphatic rings. The van der Waals surface area contributed by atoms with E-state index < -0.39 is 8.07 Å². The molecule has 1 nitrogen and oxygen atoms in total. The third kappa shape index (κ3) is 5.39. The fourth-order valence-corrected chi connectivity index (χ4v) is 7.25. The van der Waals surface area contributed by atoms with E-state index >= 15 is 0 Å². The summed E-state index contributed by atoms with van der Waals surface area (Å²) in [6.45, 7) is 13.7. The van der Waals surface area contributed by atoms with Gasteiger partial charge in [-0.2, -0.15) is 0 Å². The highest BCUT2D eigenvalue weighted by molar-refractivity contribution is 6.90. The van der Waals surface area contributed by atoms with E-state index in [4.69, 9.17) is 4.98 Å². The van der Waals surface area contributed by atoms with Crippen LogP contribution in [0, 0.1) is 5.92 Å². The average molecular weight is 318 g/mol. The van der Waals surface area contributed by atoms with Crippen LogP contribution in [0.3, 0.4) is 0 Å². The van der Waals surface area contributed by atoms with Gasteiger partial charge in [0.15, 0.2) is 0 Å². The first kappa shape index (κ1) is 19.2. The maximum atomic E-state index is 4.72. The first-order chi connectivity index (χ1) is 10.6. The molecule has 1 atom stereocenters. The number of aromatic nitrogens is 1. The Labute approximate surface area is 139 Å². The van der Waals surface area contributed by atoms with Gasteiger partial charge in [-0.15, -0.1) is 6.58 Å². The van der Waals surface area contributed by atoms with Crippen molar-refractivity contribution in [3.05, 3.63) is 37.1 Å². The summed E-state index contributed by atoms with van der Waals surface area (Å²) in [6, 6.07) is 6.43. The molecule has 0 aliphatic heterocycles. The van der Waals surface area contributed by atoms with Gasteiger partial charge < -0.3 is 0 Å². The van der Waals surface area contributed by atoms with Gasteiger partial charge >= 0.3 is 0 Å². The Morgan fingerprint density at radius 2 is 1.77 bits per heavy atom. The summed E-state index contributed by atoms with van der Waals surface area (Å²) in [6.07, 6.45) is 13.3. The third-order valence-corrected chi connectivity index (χ3v) is 9.28.